The largest absolute Gasteiger partial charge is 0.456 e. The van der Waals surface area contributed by atoms with Crippen LogP contribution < -0.4 is 0 Å². The molecule has 0 fully saturated rings. The van der Waals surface area contributed by atoms with E-state index in [2.05, 4.69) is 191 Å². The maximum Gasteiger partial charge on any atom is 0.160 e. The van der Waals surface area contributed by atoms with Crippen LogP contribution in [0.5, 0.6) is 0 Å². The third-order valence-electron chi connectivity index (χ3n) is 12.3. The molecule has 0 aliphatic heterocycles. The van der Waals surface area contributed by atoms with Crippen LogP contribution in [0.2, 0.25) is 0 Å². The van der Waals surface area contributed by atoms with Gasteiger partial charge >= 0.3 is 0 Å². The van der Waals surface area contributed by atoms with Crippen LogP contribution in [0.25, 0.3) is 122 Å². The van der Waals surface area contributed by atoms with Gasteiger partial charge in [-0.15, -0.1) is 0 Å². The minimum Gasteiger partial charge on any atom is -0.456 e. The van der Waals surface area contributed by atoms with E-state index in [0.717, 1.165) is 83.1 Å². The second-order valence-corrected chi connectivity index (χ2v) is 15.7. The molecule has 0 bridgehead atoms. The van der Waals surface area contributed by atoms with Gasteiger partial charge in [0.1, 0.15) is 11.2 Å². The Kier molecular flexibility index (Phi) is 7.24. The van der Waals surface area contributed by atoms with Crippen LogP contribution in [0.3, 0.4) is 0 Å². The molecular weight excluding hydrogens is 745 g/mol. The molecule has 4 aromatic heterocycles. The molecule has 0 spiro atoms. The fourth-order valence-corrected chi connectivity index (χ4v) is 9.56. The zero-order chi connectivity index (χ0) is 40.0. The summed E-state index contributed by atoms with van der Waals surface area (Å²) in [5, 5.41) is 8.10. The average Bonchev–Trinajstić information content (AvgIpc) is 3.98. The minimum atomic E-state index is 0.704. The monoisotopic (exact) mass is 778 g/mol. The molecule has 0 atom stereocenters. The smallest absolute Gasteiger partial charge is 0.160 e. The summed E-state index contributed by atoms with van der Waals surface area (Å²) in [6, 6.07) is 73.1. The molecule has 61 heavy (non-hydrogen) atoms. The van der Waals surface area contributed by atoms with Gasteiger partial charge in [-0.1, -0.05) is 127 Å². The highest BCUT2D eigenvalue weighted by Crippen LogP contribution is 2.45. The summed E-state index contributed by atoms with van der Waals surface area (Å²) in [6.45, 7) is 0. The molecule has 0 amide bonds. The summed E-state index contributed by atoms with van der Waals surface area (Å²) < 4.78 is 11.3. The topological polar surface area (TPSA) is 48.8 Å². The first-order valence-corrected chi connectivity index (χ1v) is 20.7. The molecule has 5 heteroatoms. The molecular formula is C56H34N4O. The van der Waals surface area contributed by atoms with Gasteiger partial charge in [0, 0.05) is 66.3 Å². The second-order valence-electron chi connectivity index (χ2n) is 15.7. The van der Waals surface area contributed by atoms with Gasteiger partial charge in [-0.3, -0.25) is 0 Å². The van der Waals surface area contributed by atoms with Gasteiger partial charge in [0.25, 0.3) is 0 Å². The first kappa shape index (κ1) is 33.7. The standard InChI is InChI=1S/C56H34N4O/c1-3-13-35(14-4-1)36-23-27-40(28-24-36)60-49-32-31-48-53(54(49)45-33-44-41-17-9-12-22-51(41)61-52(44)34-50(45)60)43-19-8-11-21-47(43)59(48)39-29-25-38(26-30-39)56-57-46-20-10-7-18-42(46)55(58-56)37-15-5-2-6-16-37/h1-34H. The van der Waals surface area contributed by atoms with Gasteiger partial charge in [-0.05, 0) is 83.9 Å². The summed E-state index contributed by atoms with van der Waals surface area (Å²) in [4.78, 5) is 10.2. The van der Waals surface area contributed by atoms with Gasteiger partial charge in [0.05, 0.1) is 33.3 Å². The van der Waals surface area contributed by atoms with Gasteiger partial charge < -0.3 is 13.6 Å². The van der Waals surface area contributed by atoms with Crippen molar-refractivity contribution in [1.29, 1.82) is 0 Å². The van der Waals surface area contributed by atoms with Crippen molar-refractivity contribution in [2.24, 2.45) is 0 Å². The number of benzene rings is 9. The lowest BCUT2D eigenvalue weighted by Gasteiger charge is -2.11. The zero-order valence-corrected chi connectivity index (χ0v) is 32.8. The Bertz CT molecular complexity index is 3840. The molecule has 0 radical (unpaired) electrons. The Labute approximate surface area is 350 Å². The number of nitrogens with zero attached hydrogens (tertiary/aromatic N) is 4. The second kappa shape index (κ2) is 13.1. The fourth-order valence-electron chi connectivity index (χ4n) is 9.56. The number of fused-ring (bicyclic) bond motifs is 11. The van der Waals surface area contributed by atoms with Gasteiger partial charge in [-0.2, -0.15) is 0 Å². The van der Waals surface area contributed by atoms with E-state index in [1.807, 2.05) is 24.3 Å². The highest BCUT2D eigenvalue weighted by molar-refractivity contribution is 6.30. The Hall–Kier alpha value is -8.28. The molecule has 9 aromatic carbocycles. The van der Waals surface area contributed by atoms with Crippen molar-refractivity contribution in [2.45, 2.75) is 0 Å². The van der Waals surface area contributed by atoms with E-state index in [0.29, 0.717) is 5.82 Å². The molecule has 0 N–H and O–H groups in total. The van der Waals surface area contributed by atoms with E-state index in [1.165, 1.54) is 32.7 Å². The van der Waals surface area contributed by atoms with Crippen LogP contribution in [-0.2, 0) is 0 Å². The lowest BCUT2D eigenvalue weighted by molar-refractivity contribution is 0.669. The van der Waals surface area contributed by atoms with Crippen LogP contribution >= 0.6 is 0 Å². The zero-order valence-electron chi connectivity index (χ0n) is 32.8. The van der Waals surface area contributed by atoms with E-state index in [-0.39, 0.29) is 0 Å². The lowest BCUT2D eigenvalue weighted by atomic mass is 10.0. The SMILES string of the molecule is c1ccc(-c2ccc(-n3c4cc5oc6ccccc6c5cc4c4c5c6ccccc6n(-c6ccc(-c7nc(-c8ccccc8)c8ccccc8n7)cc6)c5ccc43)cc2)cc1. The van der Waals surface area contributed by atoms with E-state index < -0.39 is 0 Å². The van der Waals surface area contributed by atoms with E-state index >= 15 is 0 Å². The summed E-state index contributed by atoms with van der Waals surface area (Å²) in [5.41, 5.74) is 14.8. The Morgan fingerprint density at radius 1 is 0.328 bits per heavy atom. The Morgan fingerprint density at radius 3 is 1.62 bits per heavy atom. The maximum absolute atomic E-state index is 6.51. The van der Waals surface area contributed by atoms with Crippen molar-refractivity contribution in [3.05, 3.63) is 206 Å². The number of furan rings is 1. The van der Waals surface area contributed by atoms with Crippen LogP contribution in [-0.4, -0.2) is 19.1 Å². The van der Waals surface area contributed by atoms with Crippen LogP contribution in [0.1, 0.15) is 0 Å². The van der Waals surface area contributed by atoms with E-state index in [9.17, 15) is 0 Å². The van der Waals surface area contributed by atoms with Crippen molar-refractivity contribution in [1.82, 2.24) is 19.1 Å². The first-order valence-electron chi connectivity index (χ1n) is 20.7. The van der Waals surface area contributed by atoms with Crippen molar-refractivity contribution in [3.8, 4) is 45.1 Å². The number of para-hydroxylation sites is 3. The summed E-state index contributed by atoms with van der Waals surface area (Å²) in [5.74, 6) is 0.704. The molecule has 4 heterocycles. The highest BCUT2D eigenvalue weighted by atomic mass is 16.3. The van der Waals surface area contributed by atoms with Crippen molar-refractivity contribution < 1.29 is 4.42 Å². The van der Waals surface area contributed by atoms with Crippen LogP contribution in [0.15, 0.2) is 211 Å². The van der Waals surface area contributed by atoms with Crippen molar-refractivity contribution in [2.75, 3.05) is 0 Å². The minimum absolute atomic E-state index is 0.704. The molecule has 0 saturated heterocycles. The maximum atomic E-state index is 6.51. The van der Waals surface area contributed by atoms with Gasteiger partial charge in [0.15, 0.2) is 5.82 Å². The summed E-state index contributed by atoms with van der Waals surface area (Å²) in [6.07, 6.45) is 0. The molecule has 284 valence electrons. The number of hydrogen-bond donors (Lipinski definition) is 0. The molecule has 13 aromatic rings. The fraction of sp³-hybridized carbons (Fsp3) is 0. The lowest BCUT2D eigenvalue weighted by Crippen LogP contribution is -1.97. The summed E-state index contributed by atoms with van der Waals surface area (Å²) in [7, 11) is 0. The van der Waals surface area contributed by atoms with Gasteiger partial charge in [-0.25, -0.2) is 9.97 Å². The normalized spacial score (nSPS) is 11.9. The first-order chi connectivity index (χ1) is 30.2. The highest BCUT2D eigenvalue weighted by Gasteiger charge is 2.22. The number of aromatic nitrogens is 4. The molecule has 5 nitrogen and oxygen atoms in total. The van der Waals surface area contributed by atoms with Gasteiger partial charge in [0.2, 0.25) is 0 Å². The summed E-state index contributed by atoms with van der Waals surface area (Å²) >= 11 is 0. The number of rotatable bonds is 5. The molecule has 0 saturated carbocycles. The van der Waals surface area contributed by atoms with Crippen LogP contribution in [0.4, 0.5) is 0 Å². The third kappa shape index (κ3) is 5.14. The number of hydrogen-bond acceptors (Lipinski definition) is 3. The van der Waals surface area contributed by atoms with E-state index in [4.69, 9.17) is 14.4 Å². The average molecular weight is 779 g/mol. The van der Waals surface area contributed by atoms with E-state index in [1.54, 1.807) is 0 Å². The molecule has 0 aliphatic carbocycles. The quantitative estimate of drug-likeness (QED) is 0.175. The Balaban J connectivity index is 1.03. The predicted octanol–water partition coefficient (Wildman–Crippen LogP) is 14.7. The predicted molar refractivity (Wildman–Crippen MR) is 252 cm³/mol. The Morgan fingerprint density at radius 2 is 0.885 bits per heavy atom. The third-order valence-corrected chi connectivity index (χ3v) is 12.3. The van der Waals surface area contributed by atoms with Crippen LogP contribution in [0, 0.1) is 0 Å². The van der Waals surface area contributed by atoms with Crippen molar-refractivity contribution in [3.63, 3.8) is 0 Å². The molecule has 0 unspecified atom stereocenters. The van der Waals surface area contributed by atoms with Crippen molar-refractivity contribution >= 4 is 76.5 Å². The molecule has 0 aliphatic rings. The molecule has 13 rings (SSSR count).